The van der Waals surface area contributed by atoms with Crippen molar-refractivity contribution < 1.29 is 4.79 Å². The minimum Gasteiger partial charge on any atom is -0.352 e. The number of hydrogen-bond acceptors (Lipinski definition) is 2. The van der Waals surface area contributed by atoms with E-state index in [2.05, 4.69) is 15.1 Å². The Morgan fingerprint density at radius 1 is 1.13 bits per heavy atom. The number of rotatable bonds is 3. The lowest BCUT2D eigenvalue weighted by atomic mass is 10.0. The fraction of sp³-hybridized carbons (Fsp3) is 0.158. The van der Waals surface area contributed by atoms with E-state index < -0.39 is 0 Å². The van der Waals surface area contributed by atoms with Crippen LogP contribution in [0.25, 0.3) is 10.8 Å². The van der Waals surface area contributed by atoms with Gasteiger partial charge in [0.15, 0.2) is 0 Å². The second kappa shape index (κ2) is 6.08. The number of amides is 1. The predicted molar refractivity (Wildman–Crippen MR) is 93.9 cm³/mol. The zero-order chi connectivity index (χ0) is 16.4. The van der Waals surface area contributed by atoms with Gasteiger partial charge in [0.25, 0.3) is 5.91 Å². The molecule has 1 N–H and O–H groups in total. The molecule has 0 atom stereocenters. The first kappa shape index (κ1) is 15.0. The molecular formula is C19H19N3O. The number of aromatic nitrogens is 1. The third-order valence-corrected chi connectivity index (χ3v) is 4.22. The van der Waals surface area contributed by atoms with Crippen molar-refractivity contribution in [2.45, 2.75) is 13.8 Å². The van der Waals surface area contributed by atoms with E-state index in [1.165, 1.54) is 0 Å². The van der Waals surface area contributed by atoms with Crippen LogP contribution >= 0.6 is 0 Å². The van der Waals surface area contributed by atoms with Crippen LogP contribution in [0, 0.1) is 13.8 Å². The Bertz CT molecular complexity index is 901. The molecule has 1 amide bonds. The van der Waals surface area contributed by atoms with Crippen LogP contribution in [-0.4, -0.2) is 16.7 Å². The van der Waals surface area contributed by atoms with Gasteiger partial charge in [0, 0.05) is 29.6 Å². The maximum absolute atomic E-state index is 12.4. The van der Waals surface area contributed by atoms with Crippen LogP contribution in [0.3, 0.4) is 0 Å². The van der Waals surface area contributed by atoms with Crippen molar-refractivity contribution >= 4 is 22.9 Å². The molecule has 0 aliphatic carbocycles. The highest BCUT2D eigenvalue weighted by atomic mass is 16.2. The first-order valence-electron chi connectivity index (χ1n) is 7.52. The smallest absolute Gasteiger partial charge is 0.271 e. The van der Waals surface area contributed by atoms with Crippen LogP contribution in [0.2, 0.25) is 0 Å². The topological polar surface area (TPSA) is 46.4 Å². The minimum absolute atomic E-state index is 0.205. The maximum atomic E-state index is 12.4. The number of aryl methyl sites for hydroxylation is 1. The van der Waals surface area contributed by atoms with Crippen molar-refractivity contribution in [2.75, 3.05) is 0 Å². The van der Waals surface area contributed by atoms with E-state index in [4.69, 9.17) is 0 Å². The SMILES string of the molecule is Cc1cc(/C=N\NC(=O)c2cccc3ccccc23)c(C)n1C. The molecule has 4 nitrogen and oxygen atoms in total. The number of hydrazone groups is 1. The normalized spacial score (nSPS) is 11.3. The molecule has 0 radical (unpaired) electrons. The van der Waals surface area contributed by atoms with Gasteiger partial charge < -0.3 is 4.57 Å². The Morgan fingerprint density at radius 3 is 2.61 bits per heavy atom. The highest BCUT2D eigenvalue weighted by Crippen LogP contribution is 2.18. The first-order valence-corrected chi connectivity index (χ1v) is 7.52. The van der Waals surface area contributed by atoms with E-state index in [0.29, 0.717) is 5.56 Å². The van der Waals surface area contributed by atoms with E-state index in [-0.39, 0.29) is 5.91 Å². The molecule has 1 aromatic heterocycles. The van der Waals surface area contributed by atoms with Crippen LogP contribution in [0.1, 0.15) is 27.3 Å². The van der Waals surface area contributed by atoms with Gasteiger partial charge in [0.1, 0.15) is 0 Å². The Hall–Kier alpha value is -2.88. The summed E-state index contributed by atoms with van der Waals surface area (Å²) < 4.78 is 2.09. The number of carbonyl (C=O) groups is 1. The summed E-state index contributed by atoms with van der Waals surface area (Å²) in [6.45, 7) is 4.07. The molecule has 0 aliphatic heterocycles. The lowest BCUT2D eigenvalue weighted by Gasteiger charge is -2.04. The van der Waals surface area contributed by atoms with E-state index in [1.807, 2.05) is 69.4 Å². The monoisotopic (exact) mass is 305 g/mol. The molecule has 0 spiro atoms. The lowest BCUT2D eigenvalue weighted by molar-refractivity contribution is 0.0957. The first-order chi connectivity index (χ1) is 11.1. The Balaban J connectivity index is 1.81. The number of benzene rings is 2. The third kappa shape index (κ3) is 2.88. The second-order valence-corrected chi connectivity index (χ2v) is 5.61. The Labute approximate surface area is 135 Å². The van der Waals surface area contributed by atoms with Crippen LogP contribution in [0.4, 0.5) is 0 Å². The van der Waals surface area contributed by atoms with E-state index in [1.54, 1.807) is 6.21 Å². The summed E-state index contributed by atoms with van der Waals surface area (Å²) in [7, 11) is 2.01. The number of hydrogen-bond donors (Lipinski definition) is 1. The summed E-state index contributed by atoms with van der Waals surface area (Å²) in [6, 6.07) is 15.6. The molecule has 0 saturated heterocycles. The number of nitrogens with one attached hydrogen (secondary N) is 1. The summed E-state index contributed by atoms with van der Waals surface area (Å²) in [5.74, 6) is -0.205. The third-order valence-electron chi connectivity index (χ3n) is 4.22. The second-order valence-electron chi connectivity index (χ2n) is 5.61. The molecule has 3 rings (SSSR count). The Kier molecular flexibility index (Phi) is 3.98. The fourth-order valence-electron chi connectivity index (χ4n) is 2.66. The largest absolute Gasteiger partial charge is 0.352 e. The zero-order valence-corrected chi connectivity index (χ0v) is 13.5. The predicted octanol–water partition coefficient (Wildman–Crippen LogP) is 3.56. The van der Waals surface area contributed by atoms with Gasteiger partial charge in [-0.25, -0.2) is 5.43 Å². The van der Waals surface area contributed by atoms with Crippen molar-refractivity contribution in [2.24, 2.45) is 12.1 Å². The highest BCUT2D eigenvalue weighted by molar-refractivity contribution is 6.07. The number of carbonyl (C=O) groups excluding carboxylic acids is 1. The summed E-state index contributed by atoms with van der Waals surface area (Å²) in [6.07, 6.45) is 1.69. The minimum atomic E-state index is -0.205. The summed E-state index contributed by atoms with van der Waals surface area (Å²) in [5.41, 5.74) is 6.52. The number of fused-ring (bicyclic) bond motifs is 1. The molecular weight excluding hydrogens is 286 g/mol. The van der Waals surface area contributed by atoms with E-state index in [0.717, 1.165) is 27.7 Å². The molecule has 0 saturated carbocycles. The van der Waals surface area contributed by atoms with Crippen LogP contribution in [0.5, 0.6) is 0 Å². The maximum Gasteiger partial charge on any atom is 0.271 e. The van der Waals surface area contributed by atoms with Gasteiger partial charge in [-0.05, 0) is 36.8 Å². The van der Waals surface area contributed by atoms with Gasteiger partial charge in [0.05, 0.1) is 6.21 Å². The van der Waals surface area contributed by atoms with Crippen LogP contribution in [-0.2, 0) is 7.05 Å². The molecule has 4 heteroatoms. The van der Waals surface area contributed by atoms with Gasteiger partial charge >= 0.3 is 0 Å². The number of nitrogens with zero attached hydrogens (tertiary/aromatic N) is 2. The summed E-state index contributed by atoms with van der Waals surface area (Å²) >= 11 is 0. The highest BCUT2D eigenvalue weighted by Gasteiger charge is 2.08. The van der Waals surface area contributed by atoms with Gasteiger partial charge in [-0.15, -0.1) is 0 Å². The fourth-order valence-corrected chi connectivity index (χ4v) is 2.66. The van der Waals surface area contributed by atoms with Gasteiger partial charge in [-0.1, -0.05) is 36.4 Å². The van der Waals surface area contributed by atoms with E-state index >= 15 is 0 Å². The van der Waals surface area contributed by atoms with Gasteiger partial charge in [0.2, 0.25) is 0 Å². The van der Waals surface area contributed by atoms with Crippen molar-refractivity contribution in [3.8, 4) is 0 Å². The lowest BCUT2D eigenvalue weighted by Crippen LogP contribution is -2.18. The average Bonchev–Trinajstić information content (AvgIpc) is 2.81. The molecule has 0 aliphatic rings. The quantitative estimate of drug-likeness (QED) is 0.583. The molecule has 1 heterocycles. The molecule has 0 fully saturated rings. The van der Waals surface area contributed by atoms with Crippen molar-refractivity contribution in [3.05, 3.63) is 71.0 Å². The van der Waals surface area contributed by atoms with Crippen LogP contribution in [0.15, 0.2) is 53.6 Å². The van der Waals surface area contributed by atoms with Crippen molar-refractivity contribution in [1.29, 1.82) is 0 Å². The zero-order valence-electron chi connectivity index (χ0n) is 13.5. The summed E-state index contributed by atoms with van der Waals surface area (Å²) in [4.78, 5) is 12.4. The van der Waals surface area contributed by atoms with E-state index in [9.17, 15) is 4.79 Å². The standard InChI is InChI=1S/C19H19N3O/c1-13-11-16(14(2)22(13)3)12-20-21-19(23)18-10-6-8-15-7-4-5-9-17(15)18/h4-12H,1-3H3,(H,21,23)/b20-12-. The molecule has 3 aromatic rings. The van der Waals surface area contributed by atoms with Crippen molar-refractivity contribution in [1.82, 2.24) is 9.99 Å². The average molecular weight is 305 g/mol. The molecule has 23 heavy (non-hydrogen) atoms. The van der Waals surface area contributed by atoms with Crippen LogP contribution < -0.4 is 5.43 Å². The molecule has 0 unspecified atom stereocenters. The molecule has 2 aromatic carbocycles. The summed E-state index contributed by atoms with van der Waals surface area (Å²) in [5, 5.41) is 6.07. The molecule has 0 bridgehead atoms. The van der Waals surface area contributed by atoms with Crippen molar-refractivity contribution in [3.63, 3.8) is 0 Å². The van der Waals surface area contributed by atoms with Gasteiger partial charge in [-0.3, -0.25) is 4.79 Å². The van der Waals surface area contributed by atoms with Gasteiger partial charge in [-0.2, -0.15) is 5.10 Å². The Morgan fingerprint density at radius 2 is 1.87 bits per heavy atom. The molecule has 116 valence electrons.